The fourth-order valence-electron chi connectivity index (χ4n) is 10.2. The number of carbonyl (C=O) groups excluding carboxylic acids is 4. The summed E-state index contributed by atoms with van der Waals surface area (Å²) in [6.07, 6.45) is 4.20. The third kappa shape index (κ3) is 13.8. The molecule has 18 heteroatoms. The second-order valence-corrected chi connectivity index (χ2v) is 19.8. The van der Waals surface area contributed by atoms with Crippen LogP contribution in [0.1, 0.15) is 121 Å². The molecule has 0 aliphatic carbocycles. The Hall–Kier alpha value is -7.54. The predicted molar refractivity (Wildman–Crippen MR) is 282 cm³/mol. The first-order valence-electron chi connectivity index (χ1n) is 26.2. The number of nitrogens with zero attached hydrogens (tertiary/aromatic N) is 5. The van der Waals surface area contributed by atoms with Crippen molar-refractivity contribution < 1.29 is 53.2 Å². The number of rotatable bonds is 27. The van der Waals surface area contributed by atoms with Crippen molar-refractivity contribution in [3.63, 3.8) is 0 Å². The number of carboxylic acid groups (broad SMARTS) is 1. The highest BCUT2D eigenvalue weighted by Gasteiger charge is 2.40. The largest absolute Gasteiger partial charge is 0.494 e. The number of aliphatic hydroxyl groups is 2. The summed E-state index contributed by atoms with van der Waals surface area (Å²) < 4.78 is 30.6. The number of amides is 4. The molecule has 1 fully saturated rings. The van der Waals surface area contributed by atoms with Gasteiger partial charge in [0.15, 0.2) is 0 Å². The molecule has 3 atom stereocenters. The standard InChI is InChI=1S/C58H66FN7O10/c1-37(2)54-53(57(73)60-42-15-4-3-5-16-42)52(55(39-20-22-41(59)23-21-39)65(54)28-26-44(67)33-45(68)34-51(70)71)40-13-8-18-46(32-40)76-31-11-17-43-35-64(63-62-43)27-6-7-29-75-30-10-14-38-12-9-19-47-48(38)36-66(58(47)74)49-24-25-50(69)61-56(49)72/h3-5,8-9,12-13,15-16,18-23,32,35,37,44-45,49,67-68H,6-7,10-11,14,17,24-31,33-34,36H2,1-2H3,(H,60,73)(H,70,71)(H,61,69,72). The van der Waals surface area contributed by atoms with Crippen molar-refractivity contribution in [1.82, 2.24) is 29.8 Å². The van der Waals surface area contributed by atoms with Crippen LogP contribution in [0.15, 0.2) is 103 Å². The average Bonchev–Trinajstić information content (AvgIpc) is 4.23. The van der Waals surface area contributed by atoms with E-state index >= 15 is 0 Å². The fourth-order valence-corrected chi connectivity index (χ4v) is 10.2. The van der Waals surface area contributed by atoms with Crippen molar-refractivity contribution in [3.8, 4) is 28.1 Å². The number of aliphatic hydroxyl groups excluding tert-OH is 2. The maximum atomic E-state index is 14.7. The first kappa shape index (κ1) is 54.7. The van der Waals surface area contributed by atoms with Gasteiger partial charge in [-0.3, -0.25) is 34.0 Å². The van der Waals surface area contributed by atoms with Gasteiger partial charge in [0.2, 0.25) is 11.8 Å². The molecule has 0 spiro atoms. The zero-order valence-corrected chi connectivity index (χ0v) is 43.0. The Morgan fingerprint density at radius 1 is 0.855 bits per heavy atom. The maximum Gasteiger partial charge on any atom is 0.305 e. The molecule has 0 bridgehead atoms. The van der Waals surface area contributed by atoms with Crippen molar-refractivity contribution in [2.75, 3.05) is 25.1 Å². The van der Waals surface area contributed by atoms with Crippen LogP contribution in [-0.4, -0.2) is 107 Å². The van der Waals surface area contributed by atoms with Crippen molar-refractivity contribution >= 4 is 35.3 Å². The normalized spacial score (nSPS) is 15.2. The van der Waals surface area contributed by atoms with Crippen LogP contribution in [0.5, 0.6) is 5.75 Å². The first-order valence-corrected chi connectivity index (χ1v) is 26.2. The maximum absolute atomic E-state index is 14.7. The number of carbonyl (C=O) groups is 5. The number of aliphatic carboxylic acids is 1. The van der Waals surface area contributed by atoms with Gasteiger partial charge in [0, 0.05) is 68.0 Å². The lowest BCUT2D eigenvalue weighted by Crippen LogP contribution is -2.52. The number of hydrogen-bond acceptors (Lipinski definition) is 11. The van der Waals surface area contributed by atoms with Gasteiger partial charge in [-0.1, -0.05) is 61.5 Å². The van der Waals surface area contributed by atoms with Crippen LogP contribution < -0.4 is 15.4 Å². The van der Waals surface area contributed by atoms with E-state index in [1.165, 1.54) is 12.1 Å². The Labute approximate surface area is 441 Å². The topological polar surface area (TPSA) is 227 Å². The Morgan fingerprint density at radius 2 is 1.62 bits per heavy atom. The number of aromatic nitrogens is 4. The highest BCUT2D eigenvalue weighted by molar-refractivity contribution is 6.12. The highest BCUT2D eigenvalue weighted by atomic mass is 19.1. The van der Waals surface area contributed by atoms with Gasteiger partial charge in [-0.2, -0.15) is 0 Å². The lowest BCUT2D eigenvalue weighted by molar-refractivity contribution is -0.140. The number of benzene rings is 4. The van der Waals surface area contributed by atoms with Crippen LogP contribution >= 0.6 is 0 Å². The molecule has 8 rings (SSSR count). The molecule has 5 N–H and O–H groups in total. The number of nitrogens with one attached hydrogen (secondary N) is 2. The van der Waals surface area contributed by atoms with E-state index in [1.807, 2.05) is 83.9 Å². The van der Waals surface area contributed by atoms with Gasteiger partial charge in [-0.05, 0) is 141 Å². The van der Waals surface area contributed by atoms with Crippen LogP contribution in [-0.2, 0) is 51.6 Å². The number of ether oxygens (including phenoxy) is 2. The van der Waals surface area contributed by atoms with E-state index < -0.39 is 42.4 Å². The van der Waals surface area contributed by atoms with Crippen molar-refractivity contribution in [1.29, 1.82) is 0 Å². The van der Waals surface area contributed by atoms with E-state index in [9.17, 15) is 43.7 Å². The Kier molecular flexibility index (Phi) is 18.6. The van der Waals surface area contributed by atoms with Crippen LogP contribution in [0.25, 0.3) is 22.4 Å². The molecular formula is C58H66FN7O10. The molecule has 1 saturated heterocycles. The minimum atomic E-state index is -1.24. The SMILES string of the molecule is CC(C)c1c(C(=O)Nc2ccccc2)c(-c2cccc(OCCCc3cn(CCCCOCCCc4cccc5c4CN(C4CCC(=O)NC4=O)C5=O)nn3)c2)c(-c2ccc(F)cc2)n1CCC(O)CC(O)CC(=O)O. The van der Waals surface area contributed by atoms with Gasteiger partial charge < -0.3 is 39.6 Å². The number of unbranched alkanes of at least 4 members (excludes halogenated alkanes) is 1. The summed E-state index contributed by atoms with van der Waals surface area (Å²) in [6, 6.07) is 27.7. The zero-order valence-electron chi connectivity index (χ0n) is 43.0. The van der Waals surface area contributed by atoms with E-state index in [4.69, 9.17) is 9.47 Å². The lowest BCUT2D eigenvalue weighted by atomic mass is 9.94. The molecule has 3 unspecified atom stereocenters. The van der Waals surface area contributed by atoms with E-state index in [-0.39, 0.29) is 49.4 Å². The Bertz CT molecular complexity index is 2990. The summed E-state index contributed by atoms with van der Waals surface area (Å²) in [7, 11) is 0. The molecule has 4 heterocycles. The van der Waals surface area contributed by atoms with Gasteiger partial charge in [0.25, 0.3) is 11.8 Å². The molecule has 4 aromatic carbocycles. The summed E-state index contributed by atoms with van der Waals surface area (Å²) in [6.45, 7) is 6.74. The van der Waals surface area contributed by atoms with E-state index in [0.29, 0.717) is 103 Å². The Balaban J connectivity index is 0.858. The molecule has 2 aliphatic heterocycles. The van der Waals surface area contributed by atoms with Crippen LogP contribution in [0.2, 0.25) is 0 Å². The van der Waals surface area contributed by atoms with Crippen LogP contribution in [0.3, 0.4) is 0 Å². The number of piperidine rings is 1. The van der Waals surface area contributed by atoms with E-state index in [2.05, 4.69) is 20.9 Å². The quantitative estimate of drug-likeness (QED) is 0.0244. The van der Waals surface area contributed by atoms with E-state index in [1.54, 1.807) is 35.2 Å². The number of carboxylic acids is 1. The molecule has 17 nitrogen and oxygen atoms in total. The van der Waals surface area contributed by atoms with Crippen LogP contribution in [0, 0.1) is 5.82 Å². The molecule has 2 aromatic heterocycles. The minimum Gasteiger partial charge on any atom is -0.494 e. The summed E-state index contributed by atoms with van der Waals surface area (Å²) in [4.78, 5) is 64.8. The summed E-state index contributed by atoms with van der Waals surface area (Å²) in [5.41, 5.74) is 7.66. The minimum absolute atomic E-state index is 0.133. The second kappa shape index (κ2) is 25.8. The number of para-hydroxylation sites is 1. The zero-order chi connectivity index (χ0) is 53.7. The number of imide groups is 1. The molecule has 6 aromatic rings. The van der Waals surface area contributed by atoms with Crippen molar-refractivity contribution in [2.24, 2.45) is 0 Å². The lowest BCUT2D eigenvalue weighted by Gasteiger charge is -2.29. The summed E-state index contributed by atoms with van der Waals surface area (Å²) in [5.74, 6) is -2.50. The monoisotopic (exact) mass is 1040 g/mol. The number of hydrogen-bond donors (Lipinski definition) is 5. The predicted octanol–water partition coefficient (Wildman–Crippen LogP) is 8.11. The summed E-state index contributed by atoms with van der Waals surface area (Å²) in [5, 5.41) is 44.7. The number of aryl methyl sites for hydroxylation is 3. The van der Waals surface area contributed by atoms with Crippen LogP contribution in [0.4, 0.5) is 10.1 Å². The molecule has 400 valence electrons. The van der Waals surface area contributed by atoms with Gasteiger partial charge in [-0.25, -0.2) is 4.39 Å². The van der Waals surface area contributed by atoms with E-state index in [0.717, 1.165) is 42.5 Å². The summed E-state index contributed by atoms with van der Waals surface area (Å²) >= 11 is 0. The molecule has 2 aliphatic rings. The smallest absolute Gasteiger partial charge is 0.305 e. The fraction of sp³-hybridized carbons (Fsp3) is 0.397. The third-order valence-electron chi connectivity index (χ3n) is 13.8. The van der Waals surface area contributed by atoms with Gasteiger partial charge in [-0.15, -0.1) is 5.10 Å². The first-order chi connectivity index (χ1) is 36.7. The second-order valence-electron chi connectivity index (χ2n) is 19.8. The number of halogens is 1. The van der Waals surface area contributed by atoms with Gasteiger partial charge in [0.05, 0.1) is 42.2 Å². The average molecular weight is 1040 g/mol. The number of fused-ring (bicyclic) bond motifs is 1. The van der Waals surface area contributed by atoms with Crippen molar-refractivity contribution in [2.45, 2.75) is 128 Å². The molecule has 4 amide bonds. The Morgan fingerprint density at radius 3 is 2.38 bits per heavy atom. The third-order valence-corrected chi connectivity index (χ3v) is 13.8. The molecule has 0 radical (unpaired) electrons. The van der Waals surface area contributed by atoms with Gasteiger partial charge in [0.1, 0.15) is 17.6 Å². The molecular weight excluding hydrogens is 974 g/mol. The van der Waals surface area contributed by atoms with Crippen molar-refractivity contribution in [3.05, 3.63) is 143 Å². The molecule has 76 heavy (non-hydrogen) atoms. The highest BCUT2D eigenvalue weighted by Crippen LogP contribution is 2.44. The number of anilines is 1. The van der Waals surface area contributed by atoms with Gasteiger partial charge >= 0.3 is 5.97 Å². The molecule has 0 saturated carbocycles.